The first kappa shape index (κ1) is 15.0. The Kier molecular flexibility index (Phi) is 5.46. The number of hydrogen-bond donors (Lipinski definition) is 1. The standard InChI is InChI=1S/C15H32N2/c1-7-12(2)13(3)17-10-8-9-16-14(11-17)15(4,5)6/h12-14,16H,7-11H2,1-6H3. The summed E-state index contributed by atoms with van der Waals surface area (Å²) < 4.78 is 0. The largest absolute Gasteiger partial charge is 0.312 e. The molecule has 1 saturated heterocycles. The fourth-order valence-corrected chi connectivity index (χ4v) is 2.60. The minimum absolute atomic E-state index is 0.359. The average molecular weight is 240 g/mol. The highest BCUT2D eigenvalue weighted by atomic mass is 15.2. The van der Waals surface area contributed by atoms with Gasteiger partial charge in [0.1, 0.15) is 0 Å². The van der Waals surface area contributed by atoms with E-state index in [4.69, 9.17) is 0 Å². The highest BCUT2D eigenvalue weighted by Crippen LogP contribution is 2.24. The van der Waals surface area contributed by atoms with E-state index in [0.29, 0.717) is 17.5 Å². The molecule has 1 fully saturated rings. The lowest BCUT2D eigenvalue weighted by Gasteiger charge is -2.38. The maximum Gasteiger partial charge on any atom is 0.0243 e. The van der Waals surface area contributed by atoms with Crippen molar-refractivity contribution in [2.24, 2.45) is 11.3 Å². The lowest BCUT2D eigenvalue weighted by Crippen LogP contribution is -2.49. The van der Waals surface area contributed by atoms with Gasteiger partial charge in [-0.1, -0.05) is 41.0 Å². The Morgan fingerprint density at radius 1 is 1.29 bits per heavy atom. The van der Waals surface area contributed by atoms with E-state index in [1.54, 1.807) is 0 Å². The van der Waals surface area contributed by atoms with Crippen LogP contribution in [0.2, 0.25) is 0 Å². The van der Waals surface area contributed by atoms with Gasteiger partial charge in [0, 0.05) is 18.6 Å². The van der Waals surface area contributed by atoms with Gasteiger partial charge in [-0.2, -0.15) is 0 Å². The van der Waals surface area contributed by atoms with Crippen LogP contribution in [0.1, 0.15) is 54.4 Å². The molecule has 1 aliphatic heterocycles. The summed E-state index contributed by atoms with van der Waals surface area (Å²) in [7, 11) is 0. The van der Waals surface area contributed by atoms with E-state index < -0.39 is 0 Å². The minimum Gasteiger partial charge on any atom is -0.312 e. The highest BCUT2D eigenvalue weighted by molar-refractivity contribution is 4.88. The number of hydrogen-bond acceptors (Lipinski definition) is 2. The summed E-state index contributed by atoms with van der Waals surface area (Å²) in [6, 6.07) is 1.33. The van der Waals surface area contributed by atoms with Gasteiger partial charge in [0.05, 0.1) is 0 Å². The second-order valence-corrected chi connectivity index (χ2v) is 6.85. The first-order valence-electron chi connectivity index (χ1n) is 7.33. The van der Waals surface area contributed by atoms with Gasteiger partial charge < -0.3 is 5.32 Å². The van der Waals surface area contributed by atoms with Crippen molar-refractivity contribution in [3.63, 3.8) is 0 Å². The lowest BCUT2D eigenvalue weighted by molar-refractivity contribution is 0.129. The molecule has 1 aliphatic rings. The zero-order chi connectivity index (χ0) is 13.1. The van der Waals surface area contributed by atoms with Crippen LogP contribution in [-0.4, -0.2) is 36.6 Å². The van der Waals surface area contributed by atoms with Gasteiger partial charge >= 0.3 is 0 Å². The van der Waals surface area contributed by atoms with Crippen LogP contribution in [0.25, 0.3) is 0 Å². The van der Waals surface area contributed by atoms with E-state index >= 15 is 0 Å². The van der Waals surface area contributed by atoms with Gasteiger partial charge in [-0.15, -0.1) is 0 Å². The molecule has 3 unspecified atom stereocenters. The molecule has 1 N–H and O–H groups in total. The molecule has 1 heterocycles. The van der Waals surface area contributed by atoms with E-state index in [2.05, 4.69) is 51.8 Å². The third kappa shape index (κ3) is 4.26. The average Bonchev–Trinajstić information content (AvgIpc) is 2.51. The van der Waals surface area contributed by atoms with Gasteiger partial charge in [0.15, 0.2) is 0 Å². The predicted octanol–water partition coefficient (Wildman–Crippen LogP) is 3.13. The highest BCUT2D eigenvalue weighted by Gasteiger charge is 2.30. The topological polar surface area (TPSA) is 15.3 Å². The van der Waals surface area contributed by atoms with Crippen molar-refractivity contribution >= 4 is 0 Å². The molecule has 3 atom stereocenters. The van der Waals surface area contributed by atoms with Crippen molar-refractivity contribution in [2.45, 2.75) is 66.5 Å². The van der Waals surface area contributed by atoms with Crippen LogP contribution in [0.4, 0.5) is 0 Å². The zero-order valence-corrected chi connectivity index (χ0v) is 12.7. The number of rotatable bonds is 3. The monoisotopic (exact) mass is 240 g/mol. The minimum atomic E-state index is 0.359. The van der Waals surface area contributed by atoms with Gasteiger partial charge in [-0.3, -0.25) is 4.90 Å². The van der Waals surface area contributed by atoms with Crippen LogP contribution in [0.15, 0.2) is 0 Å². The van der Waals surface area contributed by atoms with Crippen molar-refractivity contribution in [1.82, 2.24) is 10.2 Å². The van der Waals surface area contributed by atoms with Gasteiger partial charge in [-0.25, -0.2) is 0 Å². The maximum absolute atomic E-state index is 3.72. The van der Waals surface area contributed by atoms with Crippen molar-refractivity contribution in [3.05, 3.63) is 0 Å². The van der Waals surface area contributed by atoms with Crippen LogP contribution in [0.5, 0.6) is 0 Å². The Bertz CT molecular complexity index is 219. The first-order valence-corrected chi connectivity index (χ1v) is 7.33. The van der Waals surface area contributed by atoms with Crippen LogP contribution < -0.4 is 5.32 Å². The van der Waals surface area contributed by atoms with E-state index in [1.165, 1.54) is 32.5 Å². The molecule has 2 heteroatoms. The molecule has 0 bridgehead atoms. The first-order chi connectivity index (χ1) is 7.86. The van der Waals surface area contributed by atoms with Crippen LogP contribution in [-0.2, 0) is 0 Å². The van der Waals surface area contributed by atoms with Crippen LogP contribution in [0.3, 0.4) is 0 Å². The van der Waals surface area contributed by atoms with Crippen molar-refractivity contribution < 1.29 is 0 Å². The molecule has 0 spiro atoms. The molecular weight excluding hydrogens is 208 g/mol. The quantitative estimate of drug-likeness (QED) is 0.815. The Labute approximate surface area is 108 Å². The molecule has 0 aliphatic carbocycles. The third-order valence-corrected chi connectivity index (χ3v) is 4.52. The smallest absolute Gasteiger partial charge is 0.0243 e. The Balaban J connectivity index is 2.66. The maximum atomic E-state index is 3.72. The lowest BCUT2D eigenvalue weighted by atomic mass is 9.86. The molecule has 0 radical (unpaired) electrons. The Hall–Kier alpha value is -0.0800. The molecule has 0 saturated carbocycles. The Morgan fingerprint density at radius 2 is 1.94 bits per heavy atom. The van der Waals surface area contributed by atoms with Crippen molar-refractivity contribution in [3.8, 4) is 0 Å². The summed E-state index contributed by atoms with van der Waals surface area (Å²) in [5, 5.41) is 3.72. The summed E-state index contributed by atoms with van der Waals surface area (Å²) in [4.78, 5) is 2.70. The molecule has 0 aromatic carbocycles. The Morgan fingerprint density at radius 3 is 2.47 bits per heavy atom. The van der Waals surface area contributed by atoms with Crippen molar-refractivity contribution in [2.75, 3.05) is 19.6 Å². The van der Waals surface area contributed by atoms with Gasteiger partial charge in [-0.05, 0) is 37.8 Å². The second-order valence-electron chi connectivity index (χ2n) is 6.85. The summed E-state index contributed by atoms with van der Waals surface area (Å²) in [6.07, 6.45) is 2.57. The van der Waals surface area contributed by atoms with E-state index in [1.807, 2.05) is 0 Å². The fraction of sp³-hybridized carbons (Fsp3) is 1.00. The molecule has 0 aromatic rings. The van der Waals surface area contributed by atoms with Gasteiger partial charge in [0.25, 0.3) is 0 Å². The predicted molar refractivity (Wildman–Crippen MR) is 76.4 cm³/mol. The molecule has 0 aromatic heterocycles. The number of nitrogens with zero attached hydrogens (tertiary/aromatic N) is 1. The summed E-state index contributed by atoms with van der Waals surface area (Å²) >= 11 is 0. The molecule has 17 heavy (non-hydrogen) atoms. The van der Waals surface area contributed by atoms with Crippen LogP contribution >= 0.6 is 0 Å². The number of nitrogens with one attached hydrogen (secondary N) is 1. The van der Waals surface area contributed by atoms with Crippen molar-refractivity contribution in [1.29, 1.82) is 0 Å². The zero-order valence-electron chi connectivity index (χ0n) is 12.7. The fourth-order valence-electron chi connectivity index (χ4n) is 2.60. The summed E-state index contributed by atoms with van der Waals surface area (Å²) in [5.74, 6) is 0.800. The SMILES string of the molecule is CCC(C)C(C)N1CCCNC(C(C)(C)C)C1. The molecule has 102 valence electrons. The van der Waals surface area contributed by atoms with Crippen LogP contribution in [0, 0.1) is 11.3 Å². The summed E-state index contributed by atoms with van der Waals surface area (Å²) in [5.41, 5.74) is 0.359. The molecular formula is C15H32N2. The molecule has 1 rings (SSSR count). The van der Waals surface area contributed by atoms with E-state index in [9.17, 15) is 0 Å². The van der Waals surface area contributed by atoms with Gasteiger partial charge in [0.2, 0.25) is 0 Å². The molecule has 0 amide bonds. The normalized spacial score (nSPS) is 27.5. The molecule has 2 nitrogen and oxygen atoms in total. The van der Waals surface area contributed by atoms with E-state index in [0.717, 1.165) is 5.92 Å². The second kappa shape index (κ2) is 6.19. The van der Waals surface area contributed by atoms with E-state index in [-0.39, 0.29) is 0 Å². The third-order valence-electron chi connectivity index (χ3n) is 4.52. The summed E-state index contributed by atoms with van der Waals surface area (Å²) in [6.45, 7) is 17.8.